The molecule has 7 rings (SSSR count). The summed E-state index contributed by atoms with van der Waals surface area (Å²) in [5.74, 6) is 0. The Bertz CT molecular complexity index is 1830. The quantitative estimate of drug-likeness (QED) is 0.255. The van der Waals surface area contributed by atoms with Gasteiger partial charge >= 0.3 is 0 Å². The smallest absolute Gasteiger partial charge is 0.0541 e. The molecule has 0 aliphatic rings. The fourth-order valence-corrected chi connectivity index (χ4v) is 5.42. The largest absolute Gasteiger partial charge is 0.309 e. The van der Waals surface area contributed by atoms with E-state index in [4.69, 9.17) is 0 Å². The number of rotatable bonds is 3. The number of aromatic nitrogens is 1. The molecule has 0 amide bonds. The summed E-state index contributed by atoms with van der Waals surface area (Å²) in [4.78, 5) is 0. The van der Waals surface area contributed by atoms with Crippen molar-refractivity contribution >= 4 is 32.6 Å². The van der Waals surface area contributed by atoms with Gasteiger partial charge in [-0.1, -0.05) is 109 Å². The lowest BCUT2D eigenvalue weighted by molar-refractivity contribution is 1.18. The molecule has 1 aromatic heterocycles. The Morgan fingerprint density at radius 3 is 1.60 bits per heavy atom. The molecule has 0 radical (unpaired) electrons. The average molecular weight is 446 g/mol. The van der Waals surface area contributed by atoms with Crippen LogP contribution in [0.1, 0.15) is 0 Å². The Kier molecular flexibility index (Phi) is 4.53. The molecule has 0 fully saturated rings. The van der Waals surface area contributed by atoms with Crippen LogP contribution < -0.4 is 0 Å². The predicted molar refractivity (Wildman–Crippen MR) is 149 cm³/mol. The summed E-state index contributed by atoms with van der Waals surface area (Å²) >= 11 is 0. The third kappa shape index (κ3) is 3.17. The van der Waals surface area contributed by atoms with E-state index >= 15 is 0 Å². The van der Waals surface area contributed by atoms with Gasteiger partial charge in [0.25, 0.3) is 0 Å². The molecule has 0 saturated carbocycles. The fraction of sp³-hybridized carbons (Fsp3) is 0. The molecule has 1 heteroatoms. The first-order chi connectivity index (χ1) is 17.4. The summed E-state index contributed by atoms with van der Waals surface area (Å²) < 4.78 is 2.37. The molecular formula is C34H23N. The summed E-state index contributed by atoms with van der Waals surface area (Å²) in [7, 11) is 0. The first-order valence-electron chi connectivity index (χ1n) is 12.0. The summed E-state index contributed by atoms with van der Waals surface area (Å²) in [6.45, 7) is 0. The van der Waals surface area contributed by atoms with Crippen LogP contribution in [0.2, 0.25) is 0 Å². The Morgan fingerprint density at radius 2 is 0.886 bits per heavy atom. The molecule has 6 aromatic carbocycles. The van der Waals surface area contributed by atoms with E-state index in [1.165, 1.54) is 60.5 Å². The van der Waals surface area contributed by atoms with Gasteiger partial charge in [0.1, 0.15) is 0 Å². The van der Waals surface area contributed by atoms with E-state index in [-0.39, 0.29) is 0 Å². The average Bonchev–Trinajstić information content (AvgIpc) is 3.27. The zero-order valence-electron chi connectivity index (χ0n) is 19.2. The number of fused-ring (bicyclic) bond motifs is 4. The van der Waals surface area contributed by atoms with Crippen LogP contribution in [-0.2, 0) is 0 Å². The van der Waals surface area contributed by atoms with Crippen molar-refractivity contribution < 1.29 is 0 Å². The van der Waals surface area contributed by atoms with Crippen LogP contribution in [-0.4, -0.2) is 4.57 Å². The monoisotopic (exact) mass is 445 g/mol. The molecule has 0 aliphatic carbocycles. The van der Waals surface area contributed by atoms with E-state index < -0.39 is 0 Å². The maximum absolute atomic E-state index is 2.37. The van der Waals surface area contributed by atoms with Crippen molar-refractivity contribution in [3.8, 4) is 27.9 Å². The second-order valence-electron chi connectivity index (χ2n) is 8.99. The van der Waals surface area contributed by atoms with Gasteiger partial charge in [0.15, 0.2) is 0 Å². The molecule has 0 bridgehead atoms. The second-order valence-corrected chi connectivity index (χ2v) is 8.99. The summed E-state index contributed by atoms with van der Waals surface area (Å²) in [5, 5.41) is 5.11. The number of hydrogen-bond donors (Lipinski definition) is 0. The van der Waals surface area contributed by atoms with Crippen molar-refractivity contribution in [2.24, 2.45) is 0 Å². The number of para-hydroxylation sites is 2. The Labute approximate surface area is 204 Å². The first kappa shape index (κ1) is 19.8. The highest BCUT2D eigenvalue weighted by Gasteiger charge is 2.14. The Morgan fingerprint density at radius 1 is 0.343 bits per heavy atom. The molecule has 0 unspecified atom stereocenters. The molecule has 0 N–H and O–H groups in total. The predicted octanol–water partition coefficient (Wildman–Crippen LogP) is 9.27. The molecule has 7 aromatic rings. The van der Waals surface area contributed by atoms with E-state index in [0.717, 1.165) is 0 Å². The van der Waals surface area contributed by atoms with Crippen molar-refractivity contribution in [2.45, 2.75) is 0 Å². The van der Waals surface area contributed by atoms with Crippen LogP contribution in [0.3, 0.4) is 0 Å². The molecule has 164 valence electrons. The first-order valence-corrected chi connectivity index (χ1v) is 12.0. The van der Waals surface area contributed by atoms with Gasteiger partial charge in [-0.05, 0) is 63.4 Å². The molecule has 0 spiro atoms. The lowest BCUT2D eigenvalue weighted by Crippen LogP contribution is -1.92. The molecule has 0 aliphatic heterocycles. The van der Waals surface area contributed by atoms with Crippen molar-refractivity contribution in [1.82, 2.24) is 4.57 Å². The lowest BCUT2D eigenvalue weighted by atomic mass is 9.91. The van der Waals surface area contributed by atoms with E-state index in [0.29, 0.717) is 0 Å². The summed E-state index contributed by atoms with van der Waals surface area (Å²) in [6.07, 6.45) is 0. The van der Waals surface area contributed by atoms with Gasteiger partial charge in [-0.2, -0.15) is 0 Å². The molecule has 1 heterocycles. The number of nitrogens with zero attached hydrogens (tertiary/aromatic N) is 1. The third-order valence-electron chi connectivity index (χ3n) is 7.01. The van der Waals surface area contributed by atoms with Crippen molar-refractivity contribution in [3.05, 3.63) is 140 Å². The van der Waals surface area contributed by atoms with Crippen LogP contribution >= 0.6 is 0 Å². The van der Waals surface area contributed by atoms with E-state index in [1.807, 2.05) is 0 Å². The molecule has 35 heavy (non-hydrogen) atoms. The molecule has 0 saturated heterocycles. The summed E-state index contributed by atoms with van der Waals surface area (Å²) in [6, 6.07) is 50.2. The zero-order chi connectivity index (χ0) is 23.2. The van der Waals surface area contributed by atoms with Crippen molar-refractivity contribution in [2.75, 3.05) is 0 Å². The van der Waals surface area contributed by atoms with Gasteiger partial charge in [-0.25, -0.2) is 0 Å². The number of benzene rings is 6. The van der Waals surface area contributed by atoms with E-state index in [1.54, 1.807) is 0 Å². The van der Waals surface area contributed by atoms with Crippen LogP contribution in [0.25, 0.3) is 60.5 Å². The van der Waals surface area contributed by atoms with Gasteiger partial charge in [-0.3, -0.25) is 0 Å². The minimum Gasteiger partial charge on any atom is -0.309 e. The second kappa shape index (κ2) is 8.00. The standard InChI is InChI=1S/C34H23N/c1-3-11-24(12-4-1)27-20-21-28(30-16-8-7-15-29(27)30)25-19-22-34-32(23-25)31-17-9-10-18-33(31)35(34)26-13-5-2-6-14-26/h1-23H. The van der Waals surface area contributed by atoms with E-state index in [2.05, 4.69) is 144 Å². The topological polar surface area (TPSA) is 4.93 Å². The van der Waals surface area contributed by atoms with Crippen molar-refractivity contribution in [3.63, 3.8) is 0 Å². The minimum atomic E-state index is 1.18. The van der Waals surface area contributed by atoms with E-state index in [9.17, 15) is 0 Å². The summed E-state index contributed by atoms with van der Waals surface area (Å²) in [5.41, 5.74) is 8.66. The normalized spacial score (nSPS) is 11.4. The SMILES string of the molecule is c1ccc(-c2ccc(-c3ccc4c(c3)c3ccccc3n4-c3ccccc3)c3ccccc23)cc1. The zero-order valence-corrected chi connectivity index (χ0v) is 19.2. The van der Waals surface area contributed by atoms with Gasteiger partial charge in [0.2, 0.25) is 0 Å². The maximum atomic E-state index is 2.37. The number of hydrogen-bond acceptors (Lipinski definition) is 0. The maximum Gasteiger partial charge on any atom is 0.0541 e. The Balaban J connectivity index is 1.48. The highest BCUT2D eigenvalue weighted by atomic mass is 15.0. The molecular weight excluding hydrogens is 422 g/mol. The van der Waals surface area contributed by atoms with Gasteiger partial charge in [0, 0.05) is 16.5 Å². The van der Waals surface area contributed by atoms with Gasteiger partial charge in [-0.15, -0.1) is 0 Å². The van der Waals surface area contributed by atoms with Crippen LogP contribution in [0.4, 0.5) is 0 Å². The minimum absolute atomic E-state index is 1.18. The fourth-order valence-electron chi connectivity index (χ4n) is 5.42. The van der Waals surface area contributed by atoms with Crippen LogP contribution in [0, 0.1) is 0 Å². The van der Waals surface area contributed by atoms with Crippen LogP contribution in [0.5, 0.6) is 0 Å². The Hall–Kier alpha value is -4.62. The van der Waals surface area contributed by atoms with Gasteiger partial charge < -0.3 is 4.57 Å². The third-order valence-corrected chi connectivity index (χ3v) is 7.01. The van der Waals surface area contributed by atoms with Crippen LogP contribution in [0.15, 0.2) is 140 Å². The molecule has 0 atom stereocenters. The lowest BCUT2D eigenvalue weighted by Gasteiger charge is -2.13. The molecule has 1 nitrogen and oxygen atoms in total. The van der Waals surface area contributed by atoms with Gasteiger partial charge in [0.05, 0.1) is 11.0 Å². The van der Waals surface area contributed by atoms with Crippen molar-refractivity contribution in [1.29, 1.82) is 0 Å². The highest BCUT2D eigenvalue weighted by molar-refractivity contribution is 6.12. The highest BCUT2D eigenvalue weighted by Crippen LogP contribution is 2.39.